The van der Waals surface area contributed by atoms with Gasteiger partial charge in [-0.15, -0.1) is 0 Å². The third-order valence-corrected chi connectivity index (χ3v) is 3.79. The van der Waals surface area contributed by atoms with E-state index in [0.29, 0.717) is 29.8 Å². The van der Waals surface area contributed by atoms with Crippen LogP contribution in [0.5, 0.6) is 0 Å². The summed E-state index contributed by atoms with van der Waals surface area (Å²) in [6, 6.07) is 4.61. The summed E-state index contributed by atoms with van der Waals surface area (Å²) in [5, 5.41) is 8.91. The van der Waals surface area contributed by atoms with Gasteiger partial charge in [0.1, 0.15) is 18.0 Å². The number of aryl methyl sites for hydroxylation is 1. The van der Waals surface area contributed by atoms with Gasteiger partial charge < -0.3 is 14.4 Å². The number of hydrogen-bond acceptors (Lipinski definition) is 3. The summed E-state index contributed by atoms with van der Waals surface area (Å²) in [6.45, 7) is 2.05. The molecular weight excluding hydrogens is 289 g/mol. The first-order chi connectivity index (χ1) is 10.5. The van der Waals surface area contributed by atoms with E-state index in [1.165, 1.54) is 17.2 Å². The lowest BCUT2D eigenvalue weighted by atomic mass is 10.1. The molecule has 0 atom stereocenters. The Balaban J connectivity index is 1.99. The van der Waals surface area contributed by atoms with Crippen molar-refractivity contribution in [2.24, 2.45) is 0 Å². The lowest BCUT2D eigenvalue weighted by Crippen LogP contribution is -2.30. The standard InChI is InChI=1S/C16H14FNO4/c1-9-8-22-13(7-14(19)20)15(9)16(21)18-6-5-10-11(17)3-2-4-12(10)18/h2-4,8H,5-7H2,1H3,(H,19,20). The van der Waals surface area contributed by atoms with Gasteiger partial charge in [-0.1, -0.05) is 6.07 Å². The monoisotopic (exact) mass is 303 g/mol. The number of benzene rings is 1. The summed E-state index contributed by atoms with van der Waals surface area (Å²) in [6.07, 6.45) is 1.45. The second-order valence-corrected chi connectivity index (χ2v) is 5.23. The number of carboxylic acid groups (broad SMARTS) is 1. The Morgan fingerprint density at radius 2 is 2.18 bits per heavy atom. The van der Waals surface area contributed by atoms with E-state index in [1.807, 2.05) is 0 Å². The van der Waals surface area contributed by atoms with Crippen LogP contribution in [0.3, 0.4) is 0 Å². The number of furan rings is 1. The molecule has 0 fully saturated rings. The topological polar surface area (TPSA) is 70.7 Å². The molecular formula is C16H14FNO4. The molecule has 1 aliphatic heterocycles. The lowest BCUT2D eigenvalue weighted by molar-refractivity contribution is -0.136. The van der Waals surface area contributed by atoms with Crippen molar-refractivity contribution in [3.63, 3.8) is 0 Å². The van der Waals surface area contributed by atoms with Crippen LogP contribution in [0, 0.1) is 12.7 Å². The SMILES string of the molecule is Cc1coc(CC(=O)O)c1C(=O)N1CCc2c(F)cccc21. The van der Waals surface area contributed by atoms with E-state index in [4.69, 9.17) is 9.52 Å². The number of amides is 1. The van der Waals surface area contributed by atoms with Crippen molar-refractivity contribution in [2.45, 2.75) is 19.8 Å². The van der Waals surface area contributed by atoms with Crippen molar-refractivity contribution < 1.29 is 23.5 Å². The Hall–Kier alpha value is -2.63. The van der Waals surface area contributed by atoms with E-state index in [0.717, 1.165) is 0 Å². The highest BCUT2D eigenvalue weighted by Gasteiger charge is 2.31. The normalized spacial score (nSPS) is 13.3. The van der Waals surface area contributed by atoms with E-state index in [9.17, 15) is 14.0 Å². The van der Waals surface area contributed by atoms with Crippen LogP contribution in [-0.2, 0) is 17.6 Å². The first kappa shape index (κ1) is 14.3. The van der Waals surface area contributed by atoms with Crippen molar-refractivity contribution in [1.29, 1.82) is 0 Å². The van der Waals surface area contributed by atoms with Crippen molar-refractivity contribution >= 4 is 17.6 Å². The molecule has 6 heteroatoms. The minimum absolute atomic E-state index is 0.125. The molecule has 0 saturated heterocycles. The largest absolute Gasteiger partial charge is 0.481 e. The van der Waals surface area contributed by atoms with Crippen molar-refractivity contribution in [3.05, 3.63) is 52.7 Å². The molecule has 1 aromatic carbocycles. The molecule has 0 saturated carbocycles. The molecule has 2 aromatic rings. The fourth-order valence-electron chi connectivity index (χ4n) is 2.79. The van der Waals surface area contributed by atoms with Gasteiger partial charge >= 0.3 is 5.97 Å². The van der Waals surface area contributed by atoms with Crippen molar-refractivity contribution in [3.8, 4) is 0 Å². The minimum Gasteiger partial charge on any atom is -0.481 e. The van der Waals surface area contributed by atoms with Gasteiger partial charge in [0.05, 0.1) is 17.5 Å². The smallest absolute Gasteiger partial charge is 0.311 e. The predicted molar refractivity (Wildman–Crippen MR) is 76.6 cm³/mol. The van der Waals surface area contributed by atoms with Crippen molar-refractivity contribution in [1.82, 2.24) is 0 Å². The summed E-state index contributed by atoms with van der Waals surface area (Å²) in [5.41, 5.74) is 1.87. The molecule has 0 unspecified atom stereocenters. The van der Waals surface area contributed by atoms with Crippen LogP contribution >= 0.6 is 0 Å². The fraction of sp³-hybridized carbons (Fsp3) is 0.250. The summed E-state index contributed by atoms with van der Waals surface area (Å²) in [5.74, 6) is -1.63. The molecule has 1 aromatic heterocycles. The quantitative estimate of drug-likeness (QED) is 0.946. The summed E-state index contributed by atoms with van der Waals surface area (Å²) in [4.78, 5) is 25.1. The summed E-state index contributed by atoms with van der Waals surface area (Å²) < 4.78 is 19.0. The number of rotatable bonds is 3. The third-order valence-electron chi connectivity index (χ3n) is 3.79. The number of anilines is 1. The highest BCUT2D eigenvalue weighted by Crippen LogP contribution is 2.32. The number of nitrogens with zero attached hydrogens (tertiary/aromatic N) is 1. The van der Waals surface area contributed by atoms with Crippen LogP contribution in [0.2, 0.25) is 0 Å². The molecule has 0 bridgehead atoms. The van der Waals surface area contributed by atoms with Gasteiger partial charge in [-0.3, -0.25) is 9.59 Å². The third kappa shape index (κ3) is 2.26. The van der Waals surface area contributed by atoms with E-state index in [2.05, 4.69) is 0 Å². The van der Waals surface area contributed by atoms with E-state index in [1.54, 1.807) is 19.1 Å². The number of halogens is 1. The molecule has 0 radical (unpaired) electrons. The minimum atomic E-state index is -1.07. The molecule has 1 amide bonds. The molecule has 2 heterocycles. The summed E-state index contributed by atoms with van der Waals surface area (Å²) >= 11 is 0. The molecule has 5 nitrogen and oxygen atoms in total. The number of hydrogen-bond donors (Lipinski definition) is 1. The van der Waals surface area contributed by atoms with Gasteiger partial charge in [0.2, 0.25) is 0 Å². The highest BCUT2D eigenvalue weighted by atomic mass is 19.1. The Morgan fingerprint density at radius 3 is 2.91 bits per heavy atom. The number of carbonyl (C=O) groups excluding carboxylic acids is 1. The zero-order valence-electron chi connectivity index (χ0n) is 11.9. The Labute approximate surface area is 126 Å². The number of carbonyl (C=O) groups is 2. The van der Waals surface area contributed by atoms with Crippen LogP contribution in [-0.4, -0.2) is 23.5 Å². The molecule has 0 aliphatic carbocycles. The average Bonchev–Trinajstić information content (AvgIpc) is 3.03. The van der Waals surface area contributed by atoms with E-state index in [-0.39, 0.29) is 29.5 Å². The molecule has 3 rings (SSSR count). The fourth-order valence-corrected chi connectivity index (χ4v) is 2.79. The summed E-state index contributed by atoms with van der Waals surface area (Å²) in [7, 11) is 0. The van der Waals surface area contributed by atoms with Gasteiger partial charge in [-0.2, -0.15) is 0 Å². The maximum atomic E-state index is 13.8. The van der Waals surface area contributed by atoms with Crippen LogP contribution in [0.15, 0.2) is 28.9 Å². The molecule has 0 spiro atoms. The van der Waals surface area contributed by atoms with Crippen LogP contribution in [0.4, 0.5) is 10.1 Å². The van der Waals surface area contributed by atoms with Crippen LogP contribution in [0.25, 0.3) is 0 Å². The van der Waals surface area contributed by atoms with E-state index >= 15 is 0 Å². The van der Waals surface area contributed by atoms with E-state index < -0.39 is 5.97 Å². The molecule has 1 aliphatic rings. The van der Waals surface area contributed by atoms with Crippen LogP contribution < -0.4 is 4.90 Å². The van der Waals surface area contributed by atoms with Gasteiger partial charge in [0, 0.05) is 17.7 Å². The van der Waals surface area contributed by atoms with Crippen LogP contribution in [0.1, 0.15) is 27.2 Å². The zero-order valence-corrected chi connectivity index (χ0v) is 11.9. The average molecular weight is 303 g/mol. The maximum absolute atomic E-state index is 13.8. The maximum Gasteiger partial charge on any atom is 0.311 e. The molecule has 1 N–H and O–H groups in total. The number of aliphatic carboxylic acids is 1. The Morgan fingerprint density at radius 1 is 1.41 bits per heavy atom. The van der Waals surface area contributed by atoms with Gasteiger partial charge in [0.15, 0.2) is 0 Å². The molecule has 22 heavy (non-hydrogen) atoms. The molecule has 114 valence electrons. The van der Waals surface area contributed by atoms with Gasteiger partial charge in [-0.05, 0) is 25.5 Å². The second-order valence-electron chi connectivity index (χ2n) is 5.23. The Kier molecular flexibility index (Phi) is 3.44. The first-order valence-corrected chi connectivity index (χ1v) is 6.87. The second kappa shape index (κ2) is 5.29. The highest BCUT2D eigenvalue weighted by molar-refractivity contribution is 6.09. The van der Waals surface area contributed by atoms with Gasteiger partial charge in [-0.25, -0.2) is 4.39 Å². The lowest BCUT2D eigenvalue weighted by Gasteiger charge is -2.17. The van der Waals surface area contributed by atoms with Crippen molar-refractivity contribution in [2.75, 3.05) is 11.4 Å². The number of fused-ring (bicyclic) bond motifs is 1. The Bertz CT molecular complexity index is 766. The first-order valence-electron chi connectivity index (χ1n) is 6.87. The zero-order chi connectivity index (χ0) is 15.9. The van der Waals surface area contributed by atoms with Gasteiger partial charge in [0.25, 0.3) is 5.91 Å². The number of carboxylic acids is 1. The predicted octanol–water partition coefficient (Wildman–Crippen LogP) is 2.56.